The van der Waals surface area contributed by atoms with E-state index in [1.807, 2.05) is 36.1 Å². The summed E-state index contributed by atoms with van der Waals surface area (Å²) in [6.45, 7) is 5.36. The number of methoxy groups -OCH3 is 1. The van der Waals surface area contributed by atoms with Crippen LogP contribution in [-0.2, 0) is 4.79 Å². The number of thioether (sulfide) groups is 1. The van der Waals surface area contributed by atoms with Crippen LogP contribution < -0.4 is 19.1 Å². The normalized spacial score (nSPS) is 15.3. The number of pyridine rings is 1. The van der Waals surface area contributed by atoms with Crippen molar-refractivity contribution in [2.24, 2.45) is 0 Å². The Morgan fingerprint density at radius 3 is 2.50 bits per heavy atom. The molecule has 0 atom stereocenters. The van der Waals surface area contributed by atoms with Crippen LogP contribution in [0.25, 0.3) is 10.9 Å². The number of anilines is 1. The average Bonchev–Trinajstić information content (AvgIpc) is 3.28. The number of ether oxygens (including phenoxy) is 3. The molecule has 2 aliphatic rings. The lowest BCUT2D eigenvalue weighted by Crippen LogP contribution is -2.49. The molecule has 1 saturated heterocycles. The van der Waals surface area contributed by atoms with E-state index in [9.17, 15) is 4.79 Å². The Kier molecular flexibility index (Phi) is 5.70. The molecule has 0 bridgehead atoms. The number of fused-ring (bicyclic) bond motifs is 2. The highest BCUT2D eigenvalue weighted by atomic mass is 32.2. The van der Waals surface area contributed by atoms with E-state index in [0.717, 1.165) is 70.6 Å². The maximum absolute atomic E-state index is 12.8. The zero-order valence-electron chi connectivity index (χ0n) is 18.2. The molecule has 0 N–H and O–H groups in total. The van der Waals surface area contributed by atoms with Gasteiger partial charge in [-0.15, -0.1) is 0 Å². The van der Waals surface area contributed by atoms with Gasteiger partial charge in [-0.25, -0.2) is 4.98 Å². The van der Waals surface area contributed by atoms with Crippen LogP contribution in [0.1, 0.15) is 5.56 Å². The van der Waals surface area contributed by atoms with Crippen molar-refractivity contribution in [3.8, 4) is 17.2 Å². The van der Waals surface area contributed by atoms with Gasteiger partial charge < -0.3 is 24.0 Å². The van der Waals surface area contributed by atoms with E-state index in [-0.39, 0.29) is 12.7 Å². The highest BCUT2D eigenvalue weighted by Crippen LogP contribution is 2.37. The van der Waals surface area contributed by atoms with Gasteiger partial charge in [0, 0.05) is 43.3 Å². The van der Waals surface area contributed by atoms with Crippen LogP contribution in [0.4, 0.5) is 5.69 Å². The summed E-state index contributed by atoms with van der Waals surface area (Å²) in [5, 5.41) is 1.89. The standard InChI is InChI=1S/C24H25N3O4S/c1-16-11-17-12-21-22(31-15-30-21)13-20(17)25-24(16)32-14-23(28)27-9-7-26(8-10-27)18-3-5-19(29-2)6-4-18/h3-6,11-13H,7-10,14-15H2,1-2H3. The summed E-state index contributed by atoms with van der Waals surface area (Å²) in [7, 11) is 1.67. The number of aryl methyl sites for hydroxylation is 1. The second kappa shape index (κ2) is 8.78. The van der Waals surface area contributed by atoms with Gasteiger partial charge in [-0.05, 0) is 48.9 Å². The van der Waals surface area contributed by atoms with E-state index in [4.69, 9.17) is 19.2 Å². The van der Waals surface area contributed by atoms with E-state index >= 15 is 0 Å². The summed E-state index contributed by atoms with van der Waals surface area (Å²) in [5.74, 6) is 2.85. The lowest BCUT2D eigenvalue weighted by atomic mass is 10.1. The summed E-state index contributed by atoms with van der Waals surface area (Å²) in [6.07, 6.45) is 0. The van der Waals surface area contributed by atoms with E-state index in [1.165, 1.54) is 11.8 Å². The molecule has 5 rings (SSSR count). The molecular weight excluding hydrogens is 426 g/mol. The molecule has 0 radical (unpaired) electrons. The van der Waals surface area contributed by atoms with E-state index in [2.05, 4.69) is 23.1 Å². The van der Waals surface area contributed by atoms with Gasteiger partial charge in [0.2, 0.25) is 12.7 Å². The van der Waals surface area contributed by atoms with Gasteiger partial charge in [-0.2, -0.15) is 0 Å². The number of nitrogens with zero attached hydrogens (tertiary/aromatic N) is 3. The predicted octanol–water partition coefficient (Wildman–Crippen LogP) is 3.72. The number of rotatable bonds is 5. The van der Waals surface area contributed by atoms with Gasteiger partial charge in [0.25, 0.3) is 0 Å². The zero-order chi connectivity index (χ0) is 22.1. The van der Waals surface area contributed by atoms with Gasteiger partial charge in [0.1, 0.15) is 10.8 Å². The van der Waals surface area contributed by atoms with Crippen LogP contribution in [0.2, 0.25) is 0 Å². The van der Waals surface area contributed by atoms with Crippen LogP contribution in [0, 0.1) is 6.92 Å². The molecule has 3 heterocycles. The first kappa shape index (κ1) is 20.8. The van der Waals surface area contributed by atoms with Crippen LogP contribution >= 0.6 is 11.8 Å². The van der Waals surface area contributed by atoms with E-state index in [0.29, 0.717) is 5.75 Å². The molecule has 0 unspecified atom stereocenters. The Bertz CT molecular complexity index is 1140. The maximum Gasteiger partial charge on any atom is 0.233 e. The van der Waals surface area contributed by atoms with Gasteiger partial charge in [-0.3, -0.25) is 4.79 Å². The number of carbonyl (C=O) groups excluding carboxylic acids is 1. The molecule has 2 aromatic carbocycles. The molecule has 2 aliphatic heterocycles. The smallest absolute Gasteiger partial charge is 0.233 e. The quantitative estimate of drug-likeness (QED) is 0.548. The van der Waals surface area contributed by atoms with Crippen molar-refractivity contribution in [3.63, 3.8) is 0 Å². The van der Waals surface area contributed by atoms with Gasteiger partial charge in [0.05, 0.1) is 18.4 Å². The molecule has 3 aromatic rings. The number of aromatic nitrogens is 1. The fraction of sp³-hybridized carbons (Fsp3) is 0.333. The summed E-state index contributed by atoms with van der Waals surface area (Å²) in [5.41, 5.74) is 3.06. The Hall–Kier alpha value is -3.13. The minimum Gasteiger partial charge on any atom is -0.497 e. The SMILES string of the molecule is COc1ccc(N2CCN(C(=O)CSc3nc4cc5c(cc4cc3C)OCO5)CC2)cc1. The van der Waals surface area contributed by atoms with Crippen molar-refractivity contribution >= 4 is 34.3 Å². The van der Waals surface area contributed by atoms with Crippen LogP contribution in [-0.4, -0.2) is 61.6 Å². The number of carbonyl (C=O) groups is 1. The molecule has 166 valence electrons. The van der Waals surface area contributed by atoms with Crippen molar-refractivity contribution in [1.82, 2.24) is 9.88 Å². The molecule has 1 amide bonds. The second-order valence-electron chi connectivity index (χ2n) is 7.86. The molecule has 0 saturated carbocycles. The van der Waals surface area contributed by atoms with Crippen molar-refractivity contribution in [2.45, 2.75) is 11.9 Å². The molecule has 8 heteroatoms. The third-order valence-electron chi connectivity index (χ3n) is 5.86. The average molecular weight is 452 g/mol. The first-order valence-corrected chi connectivity index (χ1v) is 11.6. The second-order valence-corrected chi connectivity index (χ2v) is 8.83. The molecule has 7 nitrogen and oxygen atoms in total. The van der Waals surface area contributed by atoms with E-state index < -0.39 is 0 Å². The molecule has 0 aliphatic carbocycles. The Morgan fingerprint density at radius 2 is 1.78 bits per heavy atom. The summed E-state index contributed by atoms with van der Waals surface area (Å²) >= 11 is 1.50. The summed E-state index contributed by atoms with van der Waals surface area (Å²) in [6, 6.07) is 14.0. The Balaban J connectivity index is 1.19. The third-order valence-corrected chi connectivity index (χ3v) is 6.93. The number of benzene rings is 2. The minimum atomic E-state index is 0.149. The first-order valence-electron chi connectivity index (χ1n) is 10.6. The lowest BCUT2D eigenvalue weighted by molar-refractivity contribution is -0.128. The Morgan fingerprint density at radius 1 is 1.06 bits per heavy atom. The van der Waals surface area contributed by atoms with Crippen LogP contribution in [0.5, 0.6) is 17.2 Å². The highest BCUT2D eigenvalue weighted by Gasteiger charge is 2.22. The Labute approximate surface area is 191 Å². The van der Waals surface area contributed by atoms with E-state index in [1.54, 1.807) is 7.11 Å². The van der Waals surface area contributed by atoms with Crippen molar-refractivity contribution in [3.05, 3.63) is 48.0 Å². The number of amides is 1. The first-order chi connectivity index (χ1) is 15.6. The molecular formula is C24H25N3O4S. The number of hydrogen-bond donors (Lipinski definition) is 0. The van der Waals surface area contributed by atoms with Crippen LogP contribution in [0.3, 0.4) is 0 Å². The molecule has 0 spiro atoms. The number of hydrogen-bond acceptors (Lipinski definition) is 7. The van der Waals surface area contributed by atoms with Crippen molar-refractivity contribution < 1.29 is 19.0 Å². The largest absolute Gasteiger partial charge is 0.497 e. The monoisotopic (exact) mass is 451 g/mol. The zero-order valence-corrected chi connectivity index (χ0v) is 19.0. The van der Waals surface area contributed by atoms with Crippen molar-refractivity contribution in [1.29, 1.82) is 0 Å². The summed E-state index contributed by atoms with van der Waals surface area (Å²) in [4.78, 5) is 21.9. The third kappa shape index (κ3) is 4.14. The van der Waals surface area contributed by atoms with Gasteiger partial charge in [0.15, 0.2) is 11.5 Å². The van der Waals surface area contributed by atoms with Crippen molar-refractivity contribution in [2.75, 3.05) is 50.7 Å². The fourth-order valence-electron chi connectivity index (χ4n) is 4.03. The van der Waals surface area contributed by atoms with Crippen LogP contribution in [0.15, 0.2) is 47.5 Å². The molecule has 1 fully saturated rings. The maximum atomic E-state index is 12.8. The topological polar surface area (TPSA) is 64.1 Å². The summed E-state index contributed by atoms with van der Waals surface area (Å²) < 4.78 is 16.2. The molecule has 32 heavy (non-hydrogen) atoms. The van der Waals surface area contributed by atoms with Gasteiger partial charge in [-0.1, -0.05) is 11.8 Å². The number of piperazine rings is 1. The van der Waals surface area contributed by atoms with Gasteiger partial charge >= 0.3 is 0 Å². The lowest BCUT2D eigenvalue weighted by Gasteiger charge is -2.36. The molecule has 1 aromatic heterocycles. The fourth-order valence-corrected chi connectivity index (χ4v) is 4.92. The predicted molar refractivity (Wildman–Crippen MR) is 125 cm³/mol. The highest BCUT2D eigenvalue weighted by molar-refractivity contribution is 7.99. The minimum absolute atomic E-state index is 0.149.